The first-order valence-electron chi connectivity index (χ1n) is 8.77. The van der Waals surface area contributed by atoms with Gasteiger partial charge < -0.3 is 14.6 Å². The Labute approximate surface area is 154 Å². The molecule has 25 heavy (non-hydrogen) atoms. The van der Waals surface area contributed by atoms with E-state index in [9.17, 15) is 0 Å². The van der Waals surface area contributed by atoms with Crippen LogP contribution in [0.1, 0.15) is 41.7 Å². The van der Waals surface area contributed by atoms with E-state index in [4.69, 9.17) is 9.26 Å². The summed E-state index contributed by atoms with van der Waals surface area (Å²) < 4.78 is 11.2. The number of nitrogens with zero attached hydrogens (tertiary/aromatic N) is 3. The highest BCUT2D eigenvalue weighted by molar-refractivity contribution is 5.85. The first-order valence-corrected chi connectivity index (χ1v) is 8.77. The Balaban J connectivity index is 0.00000182. The van der Waals surface area contributed by atoms with Crippen LogP contribution in [-0.2, 0) is 19.4 Å². The summed E-state index contributed by atoms with van der Waals surface area (Å²) in [5.41, 5.74) is 2.88. The van der Waals surface area contributed by atoms with Gasteiger partial charge in [-0.2, -0.15) is 4.98 Å². The highest BCUT2D eigenvalue weighted by Crippen LogP contribution is 2.26. The maximum absolute atomic E-state index is 5.86. The molecule has 0 radical (unpaired) electrons. The second kappa shape index (κ2) is 8.17. The Hall–Kier alpha value is -1.63. The molecule has 1 N–H and O–H groups in total. The lowest BCUT2D eigenvalue weighted by Gasteiger charge is -2.30. The number of ether oxygens (including phenoxy) is 1. The van der Waals surface area contributed by atoms with Crippen LogP contribution in [0.25, 0.3) is 0 Å². The van der Waals surface area contributed by atoms with Crippen molar-refractivity contribution in [3.05, 3.63) is 41.0 Å². The molecule has 2 heterocycles. The first kappa shape index (κ1) is 18.2. The van der Waals surface area contributed by atoms with Gasteiger partial charge in [0.05, 0.1) is 6.04 Å². The van der Waals surface area contributed by atoms with Gasteiger partial charge >= 0.3 is 0 Å². The van der Waals surface area contributed by atoms with E-state index < -0.39 is 0 Å². The van der Waals surface area contributed by atoms with Gasteiger partial charge in [0.1, 0.15) is 5.75 Å². The molecule has 0 spiro atoms. The number of fused-ring (bicyclic) bond motifs is 1. The predicted molar refractivity (Wildman–Crippen MR) is 97.2 cm³/mol. The number of benzene rings is 1. The van der Waals surface area contributed by atoms with Gasteiger partial charge in [-0.1, -0.05) is 11.2 Å². The molecule has 4 rings (SSSR count). The minimum absolute atomic E-state index is 0. The van der Waals surface area contributed by atoms with Crippen LogP contribution in [0.15, 0.2) is 22.7 Å². The lowest BCUT2D eigenvalue weighted by molar-refractivity contribution is 0.189. The quantitative estimate of drug-likeness (QED) is 0.899. The molecule has 2 aliphatic rings. The Morgan fingerprint density at radius 3 is 2.96 bits per heavy atom. The van der Waals surface area contributed by atoms with E-state index in [-0.39, 0.29) is 18.4 Å². The van der Waals surface area contributed by atoms with Gasteiger partial charge in [-0.15, -0.1) is 12.4 Å². The SMILES string of the molecule is CN1CCNCC1c1noc(COc2ccc3c(c2)CCCC3)n1.Cl. The molecule has 1 unspecified atom stereocenters. The van der Waals surface area contributed by atoms with Gasteiger partial charge in [0.2, 0.25) is 0 Å². The summed E-state index contributed by atoms with van der Waals surface area (Å²) in [4.78, 5) is 6.75. The number of hydrogen-bond acceptors (Lipinski definition) is 6. The normalized spacial score (nSPS) is 20.6. The largest absolute Gasteiger partial charge is 0.484 e. The van der Waals surface area contributed by atoms with Crippen molar-refractivity contribution in [2.24, 2.45) is 0 Å². The van der Waals surface area contributed by atoms with Gasteiger partial charge in [0.25, 0.3) is 5.89 Å². The van der Waals surface area contributed by atoms with Crippen molar-refractivity contribution in [2.75, 3.05) is 26.7 Å². The summed E-state index contributed by atoms with van der Waals surface area (Å²) in [7, 11) is 2.09. The average Bonchev–Trinajstić information content (AvgIpc) is 3.09. The van der Waals surface area contributed by atoms with Crippen molar-refractivity contribution in [2.45, 2.75) is 38.3 Å². The highest BCUT2D eigenvalue weighted by atomic mass is 35.5. The maximum atomic E-state index is 5.86. The van der Waals surface area contributed by atoms with Gasteiger partial charge in [-0.3, -0.25) is 4.90 Å². The third-order valence-electron chi connectivity index (χ3n) is 4.98. The summed E-state index contributed by atoms with van der Waals surface area (Å²) in [5.74, 6) is 2.14. The van der Waals surface area contributed by atoms with Crippen molar-refractivity contribution < 1.29 is 9.26 Å². The molecule has 7 heteroatoms. The van der Waals surface area contributed by atoms with Crippen LogP contribution < -0.4 is 10.1 Å². The molecule has 0 saturated carbocycles. The fourth-order valence-electron chi connectivity index (χ4n) is 3.50. The number of piperazine rings is 1. The monoisotopic (exact) mass is 364 g/mol. The predicted octanol–water partition coefficient (Wildman–Crippen LogP) is 2.53. The summed E-state index contributed by atoms with van der Waals surface area (Å²) in [6, 6.07) is 6.55. The summed E-state index contributed by atoms with van der Waals surface area (Å²) in [5, 5.41) is 7.49. The zero-order valence-electron chi connectivity index (χ0n) is 14.5. The number of hydrogen-bond donors (Lipinski definition) is 1. The summed E-state index contributed by atoms with van der Waals surface area (Å²) in [6.07, 6.45) is 4.90. The minimum atomic E-state index is 0. The fourth-order valence-corrected chi connectivity index (χ4v) is 3.50. The number of aryl methyl sites for hydroxylation is 2. The molecule has 1 aliphatic carbocycles. The summed E-state index contributed by atoms with van der Waals surface area (Å²) >= 11 is 0. The average molecular weight is 365 g/mol. The zero-order valence-corrected chi connectivity index (χ0v) is 15.3. The molecular formula is C18H25ClN4O2. The zero-order chi connectivity index (χ0) is 16.4. The van der Waals surface area contributed by atoms with E-state index in [1.807, 2.05) is 6.07 Å². The van der Waals surface area contributed by atoms with Crippen LogP contribution in [0.5, 0.6) is 5.75 Å². The molecular weight excluding hydrogens is 340 g/mol. The molecule has 1 aromatic carbocycles. The molecule has 136 valence electrons. The minimum Gasteiger partial charge on any atom is -0.484 e. The van der Waals surface area contributed by atoms with Crippen molar-refractivity contribution in [1.82, 2.24) is 20.4 Å². The second-order valence-electron chi connectivity index (χ2n) is 6.67. The van der Waals surface area contributed by atoms with Gasteiger partial charge in [0, 0.05) is 19.6 Å². The molecule has 1 saturated heterocycles. The van der Waals surface area contributed by atoms with Gasteiger partial charge in [0.15, 0.2) is 12.4 Å². The van der Waals surface area contributed by atoms with Crippen molar-refractivity contribution >= 4 is 12.4 Å². The lowest BCUT2D eigenvalue weighted by atomic mass is 9.92. The third-order valence-corrected chi connectivity index (χ3v) is 4.98. The Morgan fingerprint density at radius 1 is 1.28 bits per heavy atom. The van der Waals surface area contributed by atoms with E-state index in [2.05, 4.69) is 39.5 Å². The Kier molecular flexibility index (Phi) is 5.93. The maximum Gasteiger partial charge on any atom is 0.264 e. The summed E-state index contributed by atoms with van der Waals surface area (Å²) in [6.45, 7) is 3.15. The number of likely N-dealkylation sites (N-methyl/N-ethyl adjacent to an activating group) is 1. The molecule has 1 atom stereocenters. The van der Waals surface area contributed by atoms with E-state index in [0.717, 1.165) is 37.6 Å². The molecule has 1 aromatic heterocycles. The van der Waals surface area contributed by atoms with Crippen molar-refractivity contribution in [3.8, 4) is 5.75 Å². The number of rotatable bonds is 4. The molecule has 6 nitrogen and oxygen atoms in total. The van der Waals surface area contributed by atoms with Crippen molar-refractivity contribution in [3.63, 3.8) is 0 Å². The van der Waals surface area contributed by atoms with Crippen LogP contribution in [0.2, 0.25) is 0 Å². The van der Waals surface area contributed by atoms with Crippen LogP contribution in [-0.4, -0.2) is 41.7 Å². The van der Waals surface area contributed by atoms with Crippen LogP contribution in [0.3, 0.4) is 0 Å². The number of aromatic nitrogens is 2. The van der Waals surface area contributed by atoms with E-state index >= 15 is 0 Å². The van der Waals surface area contributed by atoms with E-state index in [1.54, 1.807) is 0 Å². The van der Waals surface area contributed by atoms with Gasteiger partial charge in [-0.25, -0.2) is 0 Å². The smallest absolute Gasteiger partial charge is 0.264 e. The molecule has 0 bridgehead atoms. The number of nitrogens with one attached hydrogen (secondary N) is 1. The Bertz CT molecular complexity index is 706. The van der Waals surface area contributed by atoms with Gasteiger partial charge in [-0.05, 0) is 56.0 Å². The van der Waals surface area contributed by atoms with Crippen molar-refractivity contribution in [1.29, 1.82) is 0 Å². The molecule has 2 aromatic rings. The second-order valence-corrected chi connectivity index (χ2v) is 6.67. The fraction of sp³-hybridized carbons (Fsp3) is 0.556. The first-order chi connectivity index (χ1) is 11.8. The Morgan fingerprint density at radius 2 is 2.12 bits per heavy atom. The van der Waals surface area contributed by atoms with Crippen LogP contribution in [0.4, 0.5) is 0 Å². The molecule has 1 aliphatic heterocycles. The standard InChI is InChI=1S/C18H24N4O2.ClH/c1-22-9-8-19-11-16(22)18-20-17(24-21-18)12-23-15-7-6-13-4-2-3-5-14(13)10-15;/h6-7,10,16,19H,2-5,8-9,11-12H2,1H3;1H. The third kappa shape index (κ3) is 4.14. The van der Waals surface area contributed by atoms with Crippen LogP contribution in [0, 0.1) is 0 Å². The molecule has 1 fully saturated rings. The van der Waals surface area contributed by atoms with E-state index in [1.165, 1.54) is 30.4 Å². The highest BCUT2D eigenvalue weighted by Gasteiger charge is 2.25. The number of halogens is 1. The topological polar surface area (TPSA) is 63.4 Å². The lowest BCUT2D eigenvalue weighted by Crippen LogP contribution is -2.44. The molecule has 0 amide bonds. The van der Waals surface area contributed by atoms with Crippen LogP contribution >= 0.6 is 12.4 Å². The van der Waals surface area contributed by atoms with E-state index in [0.29, 0.717) is 12.5 Å².